The molecule has 0 saturated carbocycles. The zero-order valence-corrected chi connectivity index (χ0v) is 11.1. The zero-order chi connectivity index (χ0) is 12.5. The van der Waals surface area contributed by atoms with Crippen molar-refractivity contribution in [2.45, 2.75) is 40.2 Å². The van der Waals surface area contributed by atoms with Crippen LogP contribution in [0.3, 0.4) is 0 Å². The summed E-state index contributed by atoms with van der Waals surface area (Å²) in [5, 5.41) is 2.99. The highest BCUT2D eigenvalue weighted by Crippen LogP contribution is 2.20. The molecule has 0 amide bonds. The Morgan fingerprint density at radius 1 is 1.31 bits per heavy atom. The first-order valence-electron chi connectivity index (χ1n) is 5.14. The molecule has 0 saturated heterocycles. The largest absolute Gasteiger partial charge is 0.457 e. The minimum Gasteiger partial charge on any atom is -0.457 e. The third-order valence-corrected chi connectivity index (χ3v) is 2.63. The van der Waals surface area contributed by atoms with Gasteiger partial charge < -0.3 is 10.1 Å². The van der Waals surface area contributed by atoms with Crippen LogP contribution >= 0.6 is 12.2 Å². The van der Waals surface area contributed by atoms with E-state index in [1.54, 1.807) is 0 Å². The summed E-state index contributed by atoms with van der Waals surface area (Å²) in [5.74, 6) is -0.355. The van der Waals surface area contributed by atoms with Gasteiger partial charge in [-0.3, -0.25) is 0 Å². The van der Waals surface area contributed by atoms with Crippen LogP contribution in [0.4, 0.5) is 0 Å². The van der Waals surface area contributed by atoms with Gasteiger partial charge in [0.2, 0.25) is 0 Å². The Hall–Kier alpha value is -1.16. The lowest BCUT2D eigenvalue weighted by molar-refractivity contribution is -0.148. The molecule has 1 aliphatic heterocycles. The Bertz CT molecular complexity index is 400. The molecule has 0 bridgehead atoms. The van der Waals surface area contributed by atoms with Crippen LogP contribution in [-0.2, 0) is 9.53 Å². The fourth-order valence-electron chi connectivity index (χ4n) is 1.28. The SMILES string of the molecule is CC1=C(C)/C(=C\C(=O)OC(C)(C)C)NC1=S. The number of thiocarbonyl (C=S) groups is 1. The first kappa shape index (κ1) is 12.9. The van der Waals surface area contributed by atoms with E-state index in [2.05, 4.69) is 5.32 Å². The first-order chi connectivity index (χ1) is 7.20. The van der Waals surface area contributed by atoms with Crippen molar-refractivity contribution in [3.8, 4) is 0 Å². The van der Waals surface area contributed by atoms with Crippen molar-refractivity contribution in [2.75, 3.05) is 0 Å². The highest BCUT2D eigenvalue weighted by atomic mass is 32.1. The van der Waals surface area contributed by atoms with E-state index in [1.807, 2.05) is 34.6 Å². The minimum atomic E-state index is -0.472. The topological polar surface area (TPSA) is 38.3 Å². The van der Waals surface area contributed by atoms with E-state index in [9.17, 15) is 4.79 Å². The van der Waals surface area contributed by atoms with E-state index in [0.29, 0.717) is 4.99 Å². The number of carbonyl (C=O) groups excluding carboxylic acids is 1. The van der Waals surface area contributed by atoms with Gasteiger partial charge in [0.25, 0.3) is 0 Å². The van der Waals surface area contributed by atoms with E-state index in [-0.39, 0.29) is 5.97 Å². The predicted octanol–water partition coefficient (Wildman–Crippen LogP) is 2.48. The third-order valence-electron chi connectivity index (χ3n) is 2.22. The second-order valence-electron chi connectivity index (χ2n) is 4.80. The molecule has 1 rings (SSSR count). The molecule has 0 fully saturated rings. The maximum Gasteiger partial charge on any atom is 0.333 e. The summed E-state index contributed by atoms with van der Waals surface area (Å²) in [5.41, 5.74) is 2.26. The molecule has 0 aromatic rings. The molecule has 0 aromatic heterocycles. The van der Waals surface area contributed by atoms with Gasteiger partial charge in [-0.1, -0.05) is 12.2 Å². The minimum absolute atomic E-state index is 0.355. The monoisotopic (exact) mass is 239 g/mol. The summed E-state index contributed by atoms with van der Waals surface area (Å²) >= 11 is 5.10. The van der Waals surface area contributed by atoms with Crippen LogP contribution < -0.4 is 5.32 Å². The van der Waals surface area contributed by atoms with Crippen LogP contribution in [0.1, 0.15) is 34.6 Å². The van der Waals surface area contributed by atoms with Crippen molar-refractivity contribution in [1.82, 2.24) is 5.32 Å². The third kappa shape index (κ3) is 3.17. The van der Waals surface area contributed by atoms with Crippen LogP contribution in [0.25, 0.3) is 0 Å². The summed E-state index contributed by atoms with van der Waals surface area (Å²) < 4.78 is 5.20. The number of esters is 1. The molecule has 1 N–H and O–H groups in total. The maximum absolute atomic E-state index is 11.6. The lowest BCUT2D eigenvalue weighted by Gasteiger charge is -2.18. The number of hydrogen-bond donors (Lipinski definition) is 1. The van der Waals surface area contributed by atoms with Crippen molar-refractivity contribution in [3.05, 3.63) is 22.9 Å². The van der Waals surface area contributed by atoms with Gasteiger partial charge in [-0.2, -0.15) is 0 Å². The quantitative estimate of drug-likeness (QED) is 0.433. The van der Waals surface area contributed by atoms with Crippen LogP contribution in [0.5, 0.6) is 0 Å². The average molecular weight is 239 g/mol. The maximum atomic E-state index is 11.6. The second kappa shape index (κ2) is 4.37. The van der Waals surface area contributed by atoms with Gasteiger partial charge in [0.1, 0.15) is 10.6 Å². The Morgan fingerprint density at radius 2 is 1.88 bits per heavy atom. The number of ether oxygens (including phenoxy) is 1. The molecule has 16 heavy (non-hydrogen) atoms. The van der Waals surface area contributed by atoms with E-state index in [4.69, 9.17) is 17.0 Å². The van der Waals surface area contributed by atoms with Crippen LogP contribution in [0.2, 0.25) is 0 Å². The standard InChI is InChI=1S/C12H17NO2S/c1-7-8(2)11(16)13-9(7)6-10(14)15-12(3,4)5/h6H,1-5H3,(H,13,16)/b9-6+. The molecule has 0 spiro atoms. The highest BCUT2D eigenvalue weighted by molar-refractivity contribution is 7.80. The second-order valence-corrected chi connectivity index (χ2v) is 5.20. The number of nitrogens with one attached hydrogen (secondary N) is 1. The van der Waals surface area contributed by atoms with Crippen LogP contribution in [0.15, 0.2) is 22.9 Å². The van der Waals surface area contributed by atoms with Crippen LogP contribution in [-0.4, -0.2) is 16.6 Å². The average Bonchev–Trinajstić information content (AvgIpc) is 2.30. The summed E-state index contributed by atoms with van der Waals surface area (Å²) in [6, 6.07) is 0. The van der Waals surface area contributed by atoms with E-state index in [1.165, 1.54) is 6.08 Å². The normalized spacial score (nSPS) is 19.1. The molecule has 1 aliphatic rings. The molecule has 0 atom stereocenters. The molecular formula is C12H17NO2S. The zero-order valence-electron chi connectivity index (χ0n) is 10.3. The van der Waals surface area contributed by atoms with E-state index < -0.39 is 5.60 Å². The lowest BCUT2D eigenvalue weighted by atomic mass is 10.1. The van der Waals surface area contributed by atoms with Gasteiger partial charge in [-0.15, -0.1) is 0 Å². The van der Waals surface area contributed by atoms with Crippen molar-refractivity contribution in [3.63, 3.8) is 0 Å². The number of hydrogen-bond acceptors (Lipinski definition) is 3. The highest BCUT2D eigenvalue weighted by Gasteiger charge is 2.20. The summed E-state index contributed by atoms with van der Waals surface area (Å²) in [6.07, 6.45) is 1.45. The van der Waals surface area contributed by atoms with Gasteiger partial charge in [0.15, 0.2) is 0 Å². The van der Waals surface area contributed by atoms with Crippen molar-refractivity contribution in [1.29, 1.82) is 0 Å². The molecule has 0 aliphatic carbocycles. The number of carbonyl (C=O) groups is 1. The van der Waals surface area contributed by atoms with Gasteiger partial charge in [0.05, 0.1) is 0 Å². The summed E-state index contributed by atoms with van der Waals surface area (Å²) in [6.45, 7) is 9.37. The van der Waals surface area contributed by atoms with Gasteiger partial charge >= 0.3 is 5.97 Å². The Balaban J connectivity index is 2.81. The molecule has 0 radical (unpaired) electrons. The fraction of sp³-hybridized carbons (Fsp3) is 0.500. The van der Waals surface area contributed by atoms with E-state index >= 15 is 0 Å². The summed E-state index contributed by atoms with van der Waals surface area (Å²) in [7, 11) is 0. The van der Waals surface area contributed by atoms with Crippen molar-refractivity contribution >= 4 is 23.2 Å². The molecular weight excluding hydrogens is 222 g/mol. The lowest BCUT2D eigenvalue weighted by Crippen LogP contribution is -2.23. The van der Waals surface area contributed by atoms with Crippen molar-refractivity contribution in [2.24, 2.45) is 0 Å². The van der Waals surface area contributed by atoms with Gasteiger partial charge in [-0.25, -0.2) is 4.79 Å². The number of rotatable bonds is 1. The van der Waals surface area contributed by atoms with Crippen molar-refractivity contribution < 1.29 is 9.53 Å². The molecule has 88 valence electrons. The molecule has 4 heteroatoms. The Morgan fingerprint density at radius 3 is 2.25 bits per heavy atom. The van der Waals surface area contributed by atoms with E-state index in [0.717, 1.165) is 16.8 Å². The fourth-order valence-corrected chi connectivity index (χ4v) is 1.54. The predicted molar refractivity (Wildman–Crippen MR) is 68.0 cm³/mol. The Labute approximate surface area is 102 Å². The van der Waals surface area contributed by atoms with Gasteiger partial charge in [0, 0.05) is 11.8 Å². The summed E-state index contributed by atoms with van der Waals surface area (Å²) in [4.78, 5) is 12.2. The molecule has 0 aromatic carbocycles. The van der Waals surface area contributed by atoms with Gasteiger partial charge in [-0.05, 0) is 45.8 Å². The molecule has 3 nitrogen and oxygen atoms in total. The number of allylic oxidation sites excluding steroid dienone is 1. The Kier molecular flexibility index (Phi) is 3.53. The van der Waals surface area contributed by atoms with Crippen LogP contribution in [0, 0.1) is 0 Å². The molecule has 1 heterocycles. The smallest absolute Gasteiger partial charge is 0.333 e. The first-order valence-corrected chi connectivity index (χ1v) is 5.55. The molecule has 0 unspecified atom stereocenters.